The number of aromatic nitrogens is 2. The Kier molecular flexibility index (Phi) is 3.10. The van der Waals surface area contributed by atoms with Gasteiger partial charge in [0.25, 0.3) is 10.0 Å². The minimum atomic E-state index is -3.63. The summed E-state index contributed by atoms with van der Waals surface area (Å²) < 4.78 is 27.1. The molecule has 2 aromatic carbocycles. The lowest BCUT2D eigenvalue weighted by Crippen LogP contribution is -2.14. The molecule has 1 aromatic heterocycles. The molecule has 3 aromatic rings. The summed E-state index contributed by atoms with van der Waals surface area (Å²) in [4.78, 5) is 4.62. The fraction of sp³-hybridized carbons (Fsp3) is 0.188. The van der Waals surface area contributed by atoms with Gasteiger partial charge in [0.1, 0.15) is 5.82 Å². The van der Waals surface area contributed by atoms with Gasteiger partial charge in [0.15, 0.2) is 0 Å². The van der Waals surface area contributed by atoms with Crippen molar-refractivity contribution in [3.05, 3.63) is 59.4 Å². The van der Waals surface area contributed by atoms with E-state index >= 15 is 0 Å². The van der Waals surface area contributed by atoms with Crippen molar-refractivity contribution in [1.82, 2.24) is 8.96 Å². The molecule has 21 heavy (non-hydrogen) atoms. The molecule has 0 aliphatic heterocycles. The van der Waals surface area contributed by atoms with Gasteiger partial charge >= 0.3 is 0 Å². The molecule has 0 amide bonds. The molecule has 0 atom stereocenters. The highest BCUT2D eigenvalue weighted by Crippen LogP contribution is 2.24. The van der Waals surface area contributed by atoms with Crippen LogP contribution in [0.3, 0.4) is 0 Å². The topological polar surface area (TPSA) is 52.0 Å². The Labute approximate surface area is 124 Å². The summed E-state index contributed by atoms with van der Waals surface area (Å²) >= 11 is 0. The van der Waals surface area contributed by atoms with Gasteiger partial charge in [0.2, 0.25) is 0 Å². The minimum absolute atomic E-state index is 0.275. The molecule has 108 valence electrons. The summed E-state index contributed by atoms with van der Waals surface area (Å²) in [6.07, 6.45) is 0. The number of fused-ring (bicyclic) bond motifs is 1. The predicted octanol–water partition coefficient (Wildman–Crippen LogP) is 3.20. The molecule has 3 rings (SSSR count). The normalized spacial score (nSPS) is 12.0. The number of nitrogens with zero attached hydrogens (tertiary/aromatic N) is 2. The number of rotatable bonds is 2. The Morgan fingerprint density at radius 2 is 1.52 bits per heavy atom. The fourth-order valence-corrected chi connectivity index (χ4v) is 3.89. The first-order valence-corrected chi connectivity index (χ1v) is 8.11. The van der Waals surface area contributed by atoms with Crippen LogP contribution in [0.25, 0.3) is 11.0 Å². The first-order chi connectivity index (χ1) is 9.89. The molecule has 0 bridgehead atoms. The fourth-order valence-electron chi connectivity index (χ4n) is 2.40. The molecule has 0 saturated carbocycles. The Bertz CT molecular complexity index is 923. The smallest absolute Gasteiger partial charge is 0.232 e. The Balaban J connectivity index is 2.30. The van der Waals surface area contributed by atoms with Crippen LogP contribution in [0.1, 0.15) is 17.0 Å². The van der Waals surface area contributed by atoms with Crippen molar-refractivity contribution < 1.29 is 8.42 Å². The van der Waals surface area contributed by atoms with Gasteiger partial charge in [-0.05, 0) is 50.6 Å². The summed E-state index contributed by atoms with van der Waals surface area (Å²) in [5.74, 6) is 0.469. The van der Waals surface area contributed by atoms with Crippen molar-refractivity contribution in [1.29, 1.82) is 0 Å². The lowest BCUT2D eigenvalue weighted by atomic mass is 10.2. The molecular weight excluding hydrogens is 284 g/mol. The summed E-state index contributed by atoms with van der Waals surface area (Å²) in [7, 11) is -3.63. The summed E-state index contributed by atoms with van der Waals surface area (Å²) in [5.41, 5.74) is 3.33. The molecule has 0 spiro atoms. The maximum Gasteiger partial charge on any atom is 0.269 e. The first-order valence-electron chi connectivity index (χ1n) is 6.67. The van der Waals surface area contributed by atoms with Crippen LogP contribution >= 0.6 is 0 Å². The number of imidazole rings is 1. The van der Waals surface area contributed by atoms with Gasteiger partial charge in [-0.25, -0.2) is 17.4 Å². The predicted molar refractivity (Wildman–Crippen MR) is 83.0 cm³/mol. The average Bonchev–Trinajstić information content (AvgIpc) is 2.75. The minimum Gasteiger partial charge on any atom is -0.232 e. The van der Waals surface area contributed by atoms with E-state index in [0.29, 0.717) is 16.9 Å². The third kappa shape index (κ3) is 2.23. The lowest BCUT2D eigenvalue weighted by Gasteiger charge is -2.09. The van der Waals surface area contributed by atoms with Gasteiger partial charge < -0.3 is 0 Å². The van der Waals surface area contributed by atoms with Crippen molar-refractivity contribution in [2.45, 2.75) is 25.7 Å². The van der Waals surface area contributed by atoms with E-state index in [1.54, 1.807) is 31.2 Å². The maximum absolute atomic E-state index is 12.9. The zero-order valence-corrected chi connectivity index (χ0v) is 13.0. The molecule has 0 aliphatic rings. The summed E-state index contributed by atoms with van der Waals surface area (Å²) in [5, 5.41) is 0. The van der Waals surface area contributed by atoms with Crippen LogP contribution in [-0.2, 0) is 10.0 Å². The van der Waals surface area contributed by atoms with Gasteiger partial charge in [-0.3, -0.25) is 0 Å². The van der Waals surface area contributed by atoms with E-state index in [0.717, 1.165) is 11.1 Å². The third-order valence-electron chi connectivity index (χ3n) is 3.49. The van der Waals surface area contributed by atoms with Gasteiger partial charge in [0, 0.05) is 0 Å². The van der Waals surface area contributed by atoms with E-state index in [1.807, 2.05) is 32.0 Å². The van der Waals surface area contributed by atoms with Crippen molar-refractivity contribution in [3.63, 3.8) is 0 Å². The number of benzene rings is 2. The summed E-state index contributed by atoms with van der Waals surface area (Å²) in [6.45, 7) is 5.57. The Morgan fingerprint density at radius 3 is 2.19 bits per heavy atom. The Hall–Kier alpha value is -2.14. The SMILES string of the molecule is Cc1ccc(S(=O)(=O)n2c(C)nc3ccc(C)cc32)cc1. The monoisotopic (exact) mass is 300 g/mol. The second-order valence-electron chi connectivity index (χ2n) is 5.23. The van der Waals surface area contributed by atoms with Crippen LogP contribution in [0, 0.1) is 20.8 Å². The van der Waals surface area contributed by atoms with Crippen LogP contribution in [-0.4, -0.2) is 17.4 Å². The molecular formula is C16H16N2O2S. The molecule has 0 saturated heterocycles. The van der Waals surface area contributed by atoms with Gasteiger partial charge in [0.05, 0.1) is 15.9 Å². The molecule has 4 nitrogen and oxygen atoms in total. The lowest BCUT2D eigenvalue weighted by molar-refractivity contribution is 0.587. The molecule has 0 aliphatic carbocycles. The van der Waals surface area contributed by atoms with Crippen molar-refractivity contribution in [3.8, 4) is 0 Å². The van der Waals surface area contributed by atoms with Crippen LogP contribution in [0.15, 0.2) is 47.4 Å². The van der Waals surface area contributed by atoms with Crippen LogP contribution in [0.2, 0.25) is 0 Å². The highest BCUT2D eigenvalue weighted by molar-refractivity contribution is 7.90. The zero-order chi connectivity index (χ0) is 15.2. The van der Waals surface area contributed by atoms with Crippen molar-refractivity contribution >= 4 is 21.1 Å². The van der Waals surface area contributed by atoms with Crippen molar-refractivity contribution in [2.24, 2.45) is 0 Å². The third-order valence-corrected chi connectivity index (χ3v) is 5.29. The maximum atomic E-state index is 12.9. The number of hydrogen-bond donors (Lipinski definition) is 0. The average molecular weight is 300 g/mol. The summed E-state index contributed by atoms with van der Waals surface area (Å²) in [6, 6.07) is 12.5. The van der Waals surface area contributed by atoms with E-state index < -0.39 is 10.0 Å². The second-order valence-corrected chi connectivity index (χ2v) is 7.02. The highest BCUT2D eigenvalue weighted by atomic mass is 32.2. The van der Waals surface area contributed by atoms with Crippen LogP contribution < -0.4 is 0 Å². The molecule has 0 N–H and O–H groups in total. The van der Waals surface area contributed by atoms with E-state index in [1.165, 1.54) is 3.97 Å². The molecule has 0 unspecified atom stereocenters. The molecule has 0 radical (unpaired) electrons. The van der Waals surface area contributed by atoms with Gasteiger partial charge in [-0.2, -0.15) is 0 Å². The second kappa shape index (κ2) is 4.70. The number of aryl methyl sites for hydroxylation is 3. The largest absolute Gasteiger partial charge is 0.269 e. The number of hydrogen-bond acceptors (Lipinski definition) is 3. The van der Waals surface area contributed by atoms with Crippen molar-refractivity contribution in [2.75, 3.05) is 0 Å². The van der Waals surface area contributed by atoms with Crippen LogP contribution in [0.4, 0.5) is 0 Å². The van der Waals surface area contributed by atoms with Gasteiger partial charge in [-0.15, -0.1) is 0 Å². The van der Waals surface area contributed by atoms with E-state index in [4.69, 9.17) is 0 Å². The first kappa shape index (κ1) is 13.8. The zero-order valence-electron chi connectivity index (χ0n) is 12.2. The van der Waals surface area contributed by atoms with Gasteiger partial charge in [-0.1, -0.05) is 23.8 Å². The Morgan fingerprint density at radius 1 is 0.905 bits per heavy atom. The molecule has 1 heterocycles. The standard InChI is InChI=1S/C16H16N2O2S/c1-11-4-7-14(8-5-11)21(19,20)18-13(3)17-15-9-6-12(2)10-16(15)18/h4-10H,1-3H3. The van der Waals surface area contributed by atoms with Crippen LogP contribution in [0.5, 0.6) is 0 Å². The van der Waals surface area contributed by atoms with E-state index in [2.05, 4.69) is 4.98 Å². The molecule has 5 heteroatoms. The highest BCUT2D eigenvalue weighted by Gasteiger charge is 2.22. The van der Waals surface area contributed by atoms with E-state index in [-0.39, 0.29) is 4.90 Å². The quantitative estimate of drug-likeness (QED) is 0.730. The van der Waals surface area contributed by atoms with E-state index in [9.17, 15) is 8.42 Å². The molecule has 0 fully saturated rings.